The number of non-ortho nitro benzene ring substituents is 1. The number of para-hydroxylation sites is 1. The summed E-state index contributed by atoms with van der Waals surface area (Å²) in [5.74, 6) is 0.249. The Hall–Kier alpha value is -2.90. The van der Waals surface area contributed by atoms with Crippen LogP contribution in [0.2, 0.25) is 0 Å². The molecule has 1 aliphatic rings. The molecule has 1 unspecified atom stereocenters. The molecule has 172 valence electrons. The lowest BCUT2D eigenvalue weighted by Crippen LogP contribution is -2.37. The maximum atomic E-state index is 13.8. The zero-order valence-corrected chi connectivity index (χ0v) is 19.3. The molecule has 2 aromatic rings. The number of aryl methyl sites for hydroxylation is 1. The van der Waals surface area contributed by atoms with Crippen molar-refractivity contribution in [2.24, 2.45) is 0 Å². The van der Waals surface area contributed by atoms with Crippen molar-refractivity contribution in [3.63, 3.8) is 0 Å². The van der Waals surface area contributed by atoms with Gasteiger partial charge >= 0.3 is 13.7 Å². The third-order valence-corrected chi connectivity index (χ3v) is 6.38. The minimum atomic E-state index is -4.14. The van der Waals surface area contributed by atoms with Crippen molar-refractivity contribution in [2.75, 3.05) is 0 Å². The molecule has 0 saturated heterocycles. The smallest absolute Gasteiger partial charge is 0.462 e. The Morgan fingerprint density at radius 1 is 1.12 bits per heavy atom. The lowest BCUT2D eigenvalue weighted by Gasteiger charge is -2.25. The Balaban J connectivity index is 1.91. The van der Waals surface area contributed by atoms with Crippen LogP contribution in [0.25, 0.3) is 0 Å². The van der Waals surface area contributed by atoms with E-state index in [9.17, 15) is 19.5 Å². The number of nitrogens with one attached hydrogen (secondary N) is 1. The van der Waals surface area contributed by atoms with E-state index in [1.165, 1.54) is 31.2 Å². The Bertz CT molecular complexity index is 1040. The van der Waals surface area contributed by atoms with Gasteiger partial charge in [-0.3, -0.25) is 14.9 Å². The maximum absolute atomic E-state index is 13.8. The van der Waals surface area contributed by atoms with Gasteiger partial charge in [-0.05, 0) is 69.7 Å². The molecule has 32 heavy (non-hydrogen) atoms. The molecule has 2 aromatic carbocycles. The number of carbonyl (C=O) groups excluding carboxylic acids is 1. The van der Waals surface area contributed by atoms with Gasteiger partial charge in [0.1, 0.15) is 17.5 Å². The van der Waals surface area contributed by atoms with Gasteiger partial charge in [-0.1, -0.05) is 18.2 Å². The van der Waals surface area contributed by atoms with E-state index < -0.39 is 24.7 Å². The Morgan fingerprint density at radius 2 is 1.78 bits per heavy atom. The number of nitro benzene ring substituents is 1. The fourth-order valence-corrected chi connectivity index (χ4v) is 4.71. The summed E-state index contributed by atoms with van der Waals surface area (Å²) in [6.07, 6.45) is 1.68. The van der Waals surface area contributed by atoms with Crippen molar-refractivity contribution >= 4 is 19.4 Å². The van der Waals surface area contributed by atoms with E-state index in [1.54, 1.807) is 13.8 Å². The van der Waals surface area contributed by atoms with Gasteiger partial charge in [-0.2, -0.15) is 5.09 Å². The molecule has 1 aliphatic carbocycles. The summed E-state index contributed by atoms with van der Waals surface area (Å²) < 4.78 is 30.6. The second kappa shape index (κ2) is 9.71. The first-order valence-electron chi connectivity index (χ1n) is 10.4. The third kappa shape index (κ3) is 6.08. The number of hydrogen-bond acceptors (Lipinski definition) is 7. The lowest BCUT2D eigenvalue weighted by atomic mass is 10.1. The number of esters is 1. The first-order valence-corrected chi connectivity index (χ1v) is 11.9. The fourth-order valence-electron chi connectivity index (χ4n) is 3.10. The predicted molar refractivity (Wildman–Crippen MR) is 119 cm³/mol. The van der Waals surface area contributed by atoms with E-state index in [4.69, 9.17) is 13.8 Å². The Kier molecular flexibility index (Phi) is 7.21. The van der Waals surface area contributed by atoms with Crippen LogP contribution in [0.1, 0.15) is 50.7 Å². The van der Waals surface area contributed by atoms with E-state index in [0.717, 1.165) is 24.0 Å². The molecule has 0 radical (unpaired) electrons. The average molecular weight is 462 g/mol. The highest BCUT2D eigenvalue weighted by molar-refractivity contribution is 7.52. The van der Waals surface area contributed by atoms with E-state index in [1.807, 2.05) is 25.1 Å². The largest absolute Gasteiger partial charge is 0.513 e. The lowest BCUT2D eigenvalue weighted by molar-refractivity contribution is -0.384. The third-order valence-electron chi connectivity index (χ3n) is 4.80. The van der Waals surface area contributed by atoms with Crippen LogP contribution in [-0.2, 0) is 14.1 Å². The van der Waals surface area contributed by atoms with Gasteiger partial charge in [0.15, 0.2) is 0 Å². The molecule has 0 spiro atoms. The molecule has 2 atom stereocenters. The van der Waals surface area contributed by atoms with Gasteiger partial charge < -0.3 is 13.8 Å². The standard InChI is InChI=1S/C22H27N2O7P/c1-14(2)29-22(25)16(4)23-32(28,30-19-12-10-18(11-13-19)24(26)27)31-21-15(3)6-5-7-20(21)17-8-9-17/h5-7,10-14,16-17H,8-9H2,1-4H3,(H,23,28)/t16-,32?/m0/s1. The number of benzene rings is 2. The Labute approximate surface area is 186 Å². The highest BCUT2D eigenvalue weighted by atomic mass is 31.2. The van der Waals surface area contributed by atoms with Gasteiger partial charge in [0, 0.05) is 12.1 Å². The minimum absolute atomic E-state index is 0.0948. The first kappa shape index (κ1) is 23.8. The summed E-state index contributed by atoms with van der Waals surface area (Å²) in [7, 11) is -4.14. The molecule has 9 nitrogen and oxygen atoms in total. The van der Waals surface area contributed by atoms with Crippen molar-refractivity contribution < 1.29 is 28.1 Å². The number of nitro groups is 1. The highest BCUT2D eigenvalue weighted by Crippen LogP contribution is 2.52. The van der Waals surface area contributed by atoms with E-state index in [-0.39, 0.29) is 17.5 Å². The fraction of sp³-hybridized carbons (Fsp3) is 0.409. The van der Waals surface area contributed by atoms with Crippen LogP contribution in [0, 0.1) is 17.0 Å². The second-order valence-corrected chi connectivity index (χ2v) is 9.65. The summed E-state index contributed by atoms with van der Waals surface area (Å²) in [6.45, 7) is 6.76. The molecule has 0 amide bonds. The molecule has 1 saturated carbocycles. The summed E-state index contributed by atoms with van der Waals surface area (Å²) in [5, 5.41) is 13.6. The number of nitrogens with zero attached hydrogens (tertiary/aromatic N) is 1. The van der Waals surface area contributed by atoms with E-state index in [0.29, 0.717) is 11.7 Å². The molecule has 3 rings (SSSR count). The normalized spacial score (nSPS) is 16.2. The predicted octanol–water partition coefficient (Wildman–Crippen LogP) is 5.28. The van der Waals surface area contributed by atoms with Crippen molar-refractivity contribution in [1.82, 2.24) is 5.09 Å². The Morgan fingerprint density at radius 3 is 2.34 bits per heavy atom. The van der Waals surface area contributed by atoms with Crippen LogP contribution in [-0.4, -0.2) is 23.0 Å². The van der Waals surface area contributed by atoms with Gasteiger partial charge in [0.25, 0.3) is 5.69 Å². The average Bonchev–Trinajstić information content (AvgIpc) is 3.54. The number of ether oxygens (including phenoxy) is 1. The molecule has 0 aromatic heterocycles. The maximum Gasteiger partial charge on any atom is 0.513 e. The number of hydrogen-bond donors (Lipinski definition) is 1. The monoisotopic (exact) mass is 462 g/mol. The summed E-state index contributed by atoms with van der Waals surface area (Å²) in [5.41, 5.74) is 1.57. The highest BCUT2D eigenvalue weighted by Gasteiger charge is 2.37. The van der Waals surface area contributed by atoms with Crippen LogP contribution in [0.3, 0.4) is 0 Å². The summed E-state index contributed by atoms with van der Waals surface area (Å²) in [6, 6.07) is 9.81. The van der Waals surface area contributed by atoms with Crippen molar-refractivity contribution in [1.29, 1.82) is 0 Å². The molecule has 0 aliphatic heterocycles. The zero-order valence-electron chi connectivity index (χ0n) is 18.4. The van der Waals surface area contributed by atoms with Gasteiger partial charge in [0.2, 0.25) is 0 Å². The van der Waals surface area contributed by atoms with Gasteiger partial charge in [-0.25, -0.2) is 4.57 Å². The molecule has 10 heteroatoms. The topological polar surface area (TPSA) is 117 Å². The van der Waals surface area contributed by atoms with Crippen molar-refractivity contribution in [3.8, 4) is 11.5 Å². The summed E-state index contributed by atoms with van der Waals surface area (Å²) >= 11 is 0. The minimum Gasteiger partial charge on any atom is -0.462 e. The van der Waals surface area contributed by atoms with Crippen LogP contribution in [0.5, 0.6) is 11.5 Å². The van der Waals surface area contributed by atoms with Crippen LogP contribution in [0.15, 0.2) is 42.5 Å². The molecule has 0 bridgehead atoms. The van der Waals surface area contributed by atoms with Crippen LogP contribution < -0.4 is 14.1 Å². The van der Waals surface area contributed by atoms with Crippen LogP contribution in [0.4, 0.5) is 5.69 Å². The van der Waals surface area contributed by atoms with Gasteiger partial charge in [0.05, 0.1) is 11.0 Å². The van der Waals surface area contributed by atoms with Crippen molar-refractivity contribution in [3.05, 3.63) is 63.7 Å². The molecular weight excluding hydrogens is 435 g/mol. The quantitative estimate of drug-likeness (QED) is 0.219. The van der Waals surface area contributed by atoms with Crippen molar-refractivity contribution in [2.45, 2.75) is 58.6 Å². The SMILES string of the molecule is Cc1cccc(C2CC2)c1OP(=O)(N[C@@H](C)C(=O)OC(C)C)Oc1ccc([N+](=O)[O-])cc1. The molecular formula is C22H27N2O7P. The van der Waals surface area contributed by atoms with E-state index >= 15 is 0 Å². The van der Waals surface area contributed by atoms with Crippen LogP contribution >= 0.6 is 7.75 Å². The van der Waals surface area contributed by atoms with Gasteiger partial charge in [-0.15, -0.1) is 0 Å². The summed E-state index contributed by atoms with van der Waals surface area (Å²) in [4.78, 5) is 22.7. The second-order valence-electron chi connectivity index (χ2n) is 8.04. The first-order chi connectivity index (χ1) is 15.1. The van der Waals surface area contributed by atoms with E-state index in [2.05, 4.69) is 5.09 Å². The molecule has 1 N–H and O–H groups in total. The molecule has 1 fully saturated rings. The number of carbonyl (C=O) groups is 1. The number of rotatable bonds is 10. The molecule has 0 heterocycles. The zero-order chi connectivity index (χ0) is 23.5.